The van der Waals surface area contributed by atoms with Gasteiger partial charge in [-0.05, 0) is 51.8 Å². The van der Waals surface area contributed by atoms with Gasteiger partial charge in [0, 0.05) is 18.6 Å². The largest absolute Gasteiger partial charge is 0.366 e. The first kappa shape index (κ1) is 14.7. The van der Waals surface area contributed by atoms with Crippen molar-refractivity contribution >= 4 is 11.7 Å². The minimum Gasteiger partial charge on any atom is -0.366 e. The number of nitrogens with one attached hydrogen (secondary N) is 3. The van der Waals surface area contributed by atoms with Gasteiger partial charge in [0.15, 0.2) is 5.69 Å². The molecular weight excluding hydrogens is 254 g/mol. The summed E-state index contributed by atoms with van der Waals surface area (Å²) in [5.74, 6) is 0.562. The molecule has 0 radical (unpaired) electrons. The van der Waals surface area contributed by atoms with Crippen LogP contribution in [0.25, 0.3) is 0 Å². The van der Waals surface area contributed by atoms with Gasteiger partial charge in [0.25, 0.3) is 5.91 Å². The van der Waals surface area contributed by atoms with Crippen molar-refractivity contribution in [1.82, 2.24) is 20.8 Å². The zero-order chi connectivity index (χ0) is 14.4. The normalized spacial score (nSPS) is 22.3. The Bertz CT molecular complexity index is 426. The third kappa shape index (κ3) is 3.90. The first-order chi connectivity index (χ1) is 9.72. The molecule has 1 saturated carbocycles. The molecule has 6 heteroatoms. The maximum atomic E-state index is 11.6. The molecule has 1 aromatic rings. The zero-order valence-electron chi connectivity index (χ0n) is 12.1. The number of aromatic nitrogens is 2. The average molecular weight is 277 g/mol. The number of hydrogen-bond acceptors (Lipinski definition) is 5. The SMILES string of the molecule is CCNC(=O)c1ccc(NC2CCC(NC)CC2)nn1. The van der Waals surface area contributed by atoms with Gasteiger partial charge in [0.05, 0.1) is 0 Å². The summed E-state index contributed by atoms with van der Waals surface area (Å²) >= 11 is 0. The van der Waals surface area contributed by atoms with E-state index in [1.165, 1.54) is 12.8 Å². The molecular formula is C14H23N5O. The van der Waals surface area contributed by atoms with Crippen LogP contribution in [-0.2, 0) is 0 Å². The number of carbonyl (C=O) groups is 1. The van der Waals surface area contributed by atoms with E-state index in [2.05, 4.69) is 26.1 Å². The monoisotopic (exact) mass is 277 g/mol. The van der Waals surface area contributed by atoms with Crippen molar-refractivity contribution in [2.45, 2.75) is 44.7 Å². The van der Waals surface area contributed by atoms with Crippen molar-refractivity contribution in [1.29, 1.82) is 0 Å². The lowest BCUT2D eigenvalue weighted by Crippen LogP contribution is -2.35. The van der Waals surface area contributed by atoms with E-state index in [1.807, 2.05) is 20.0 Å². The van der Waals surface area contributed by atoms with E-state index in [-0.39, 0.29) is 5.91 Å². The highest BCUT2D eigenvalue weighted by Gasteiger charge is 2.20. The van der Waals surface area contributed by atoms with E-state index in [9.17, 15) is 4.79 Å². The lowest BCUT2D eigenvalue weighted by atomic mass is 9.91. The maximum Gasteiger partial charge on any atom is 0.271 e. The predicted octanol–water partition coefficient (Wildman–Crippen LogP) is 1.17. The van der Waals surface area contributed by atoms with E-state index in [0.29, 0.717) is 24.3 Å². The topological polar surface area (TPSA) is 78.9 Å². The van der Waals surface area contributed by atoms with Gasteiger partial charge in [-0.15, -0.1) is 10.2 Å². The summed E-state index contributed by atoms with van der Waals surface area (Å²) < 4.78 is 0. The number of anilines is 1. The molecule has 0 atom stereocenters. The summed E-state index contributed by atoms with van der Waals surface area (Å²) in [7, 11) is 2.02. The Kier molecular flexibility index (Phi) is 5.29. The molecule has 0 unspecified atom stereocenters. The number of carbonyl (C=O) groups excluding carboxylic acids is 1. The van der Waals surface area contributed by atoms with Crippen LogP contribution in [0.2, 0.25) is 0 Å². The van der Waals surface area contributed by atoms with Crippen LogP contribution >= 0.6 is 0 Å². The molecule has 1 aromatic heterocycles. The van der Waals surface area contributed by atoms with E-state index in [4.69, 9.17) is 0 Å². The number of amides is 1. The van der Waals surface area contributed by atoms with Crippen molar-refractivity contribution in [3.05, 3.63) is 17.8 Å². The van der Waals surface area contributed by atoms with Gasteiger partial charge in [-0.25, -0.2) is 0 Å². The van der Waals surface area contributed by atoms with Crippen LogP contribution in [0.4, 0.5) is 5.82 Å². The molecule has 0 aromatic carbocycles. The Morgan fingerprint density at radius 1 is 1.20 bits per heavy atom. The standard InChI is InChI=1S/C14H23N5O/c1-3-16-14(20)12-8-9-13(19-18-12)17-11-6-4-10(15-2)5-7-11/h8-11,15H,3-7H2,1-2H3,(H,16,20)(H,17,19). The quantitative estimate of drug-likeness (QED) is 0.753. The Balaban J connectivity index is 1.86. The van der Waals surface area contributed by atoms with Crippen LogP contribution in [0.3, 0.4) is 0 Å². The Morgan fingerprint density at radius 2 is 1.90 bits per heavy atom. The minimum atomic E-state index is -0.180. The summed E-state index contributed by atoms with van der Waals surface area (Å²) in [6, 6.07) is 4.62. The second-order valence-corrected chi connectivity index (χ2v) is 5.14. The Labute approximate surface area is 119 Å². The summed E-state index contributed by atoms with van der Waals surface area (Å²) in [5, 5.41) is 17.5. The second-order valence-electron chi connectivity index (χ2n) is 5.14. The first-order valence-electron chi connectivity index (χ1n) is 7.28. The van der Waals surface area contributed by atoms with Crippen LogP contribution in [0.1, 0.15) is 43.1 Å². The van der Waals surface area contributed by atoms with Crippen LogP contribution in [0.5, 0.6) is 0 Å². The van der Waals surface area contributed by atoms with Gasteiger partial charge in [0.1, 0.15) is 5.82 Å². The van der Waals surface area contributed by atoms with Crippen LogP contribution in [0.15, 0.2) is 12.1 Å². The molecule has 1 fully saturated rings. The van der Waals surface area contributed by atoms with Crippen molar-refractivity contribution in [3.8, 4) is 0 Å². The predicted molar refractivity (Wildman–Crippen MR) is 78.8 cm³/mol. The molecule has 3 N–H and O–H groups in total. The van der Waals surface area contributed by atoms with Gasteiger partial charge in [-0.1, -0.05) is 0 Å². The molecule has 6 nitrogen and oxygen atoms in total. The molecule has 110 valence electrons. The lowest BCUT2D eigenvalue weighted by Gasteiger charge is -2.28. The second kappa shape index (κ2) is 7.19. The summed E-state index contributed by atoms with van der Waals surface area (Å²) in [6.45, 7) is 2.47. The van der Waals surface area contributed by atoms with Crippen LogP contribution in [-0.4, -0.2) is 41.8 Å². The molecule has 0 aliphatic heterocycles. The number of rotatable bonds is 5. The van der Waals surface area contributed by atoms with Gasteiger partial charge in [-0.3, -0.25) is 4.79 Å². The number of nitrogens with zero attached hydrogens (tertiary/aromatic N) is 2. The zero-order valence-corrected chi connectivity index (χ0v) is 12.1. The fraction of sp³-hybridized carbons (Fsp3) is 0.643. The number of hydrogen-bond donors (Lipinski definition) is 3. The van der Waals surface area contributed by atoms with E-state index >= 15 is 0 Å². The highest BCUT2D eigenvalue weighted by molar-refractivity contribution is 5.92. The third-order valence-corrected chi connectivity index (χ3v) is 3.72. The minimum absolute atomic E-state index is 0.180. The summed E-state index contributed by atoms with van der Waals surface area (Å²) in [6.07, 6.45) is 4.62. The van der Waals surface area contributed by atoms with Crippen molar-refractivity contribution in [2.75, 3.05) is 18.9 Å². The molecule has 20 heavy (non-hydrogen) atoms. The van der Waals surface area contributed by atoms with E-state index < -0.39 is 0 Å². The molecule has 0 saturated heterocycles. The smallest absolute Gasteiger partial charge is 0.271 e. The van der Waals surface area contributed by atoms with Crippen molar-refractivity contribution in [3.63, 3.8) is 0 Å². The maximum absolute atomic E-state index is 11.6. The van der Waals surface area contributed by atoms with Gasteiger partial charge < -0.3 is 16.0 Å². The van der Waals surface area contributed by atoms with Crippen LogP contribution < -0.4 is 16.0 Å². The Morgan fingerprint density at radius 3 is 2.45 bits per heavy atom. The Hall–Kier alpha value is -1.69. The molecule has 2 rings (SSSR count). The van der Waals surface area contributed by atoms with E-state index in [1.54, 1.807) is 6.07 Å². The van der Waals surface area contributed by atoms with Gasteiger partial charge in [-0.2, -0.15) is 0 Å². The fourth-order valence-corrected chi connectivity index (χ4v) is 2.52. The summed E-state index contributed by atoms with van der Waals surface area (Å²) in [5.41, 5.74) is 0.358. The highest BCUT2D eigenvalue weighted by Crippen LogP contribution is 2.21. The average Bonchev–Trinajstić information content (AvgIpc) is 2.49. The van der Waals surface area contributed by atoms with Gasteiger partial charge >= 0.3 is 0 Å². The lowest BCUT2D eigenvalue weighted by molar-refractivity contribution is 0.0950. The highest BCUT2D eigenvalue weighted by atomic mass is 16.1. The third-order valence-electron chi connectivity index (χ3n) is 3.72. The molecule has 1 aliphatic carbocycles. The first-order valence-corrected chi connectivity index (χ1v) is 7.28. The van der Waals surface area contributed by atoms with Crippen molar-refractivity contribution in [2.24, 2.45) is 0 Å². The van der Waals surface area contributed by atoms with Crippen LogP contribution in [0, 0.1) is 0 Å². The molecule has 0 spiro atoms. The van der Waals surface area contributed by atoms with Crippen molar-refractivity contribution < 1.29 is 4.79 Å². The molecule has 0 bridgehead atoms. The molecule has 1 aliphatic rings. The molecule has 1 amide bonds. The summed E-state index contributed by atoms with van der Waals surface area (Å²) in [4.78, 5) is 11.6. The van der Waals surface area contributed by atoms with Gasteiger partial charge in [0.2, 0.25) is 0 Å². The van der Waals surface area contributed by atoms with E-state index in [0.717, 1.165) is 18.7 Å². The molecule has 1 heterocycles. The fourth-order valence-electron chi connectivity index (χ4n) is 2.52.